The normalized spacial score (nSPS) is 8.00. The summed E-state index contributed by atoms with van der Waals surface area (Å²) in [6.45, 7) is 0. The predicted octanol–water partition coefficient (Wildman–Crippen LogP) is 1.62. The number of hydrogen-bond acceptors (Lipinski definition) is 3. The molecule has 0 saturated carbocycles. The second kappa shape index (κ2) is 1.99. The summed E-state index contributed by atoms with van der Waals surface area (Å²) in [6, 6.07) is 0.0486. The second-order valence-electron chi connectivity index (χ2n) is 1.00. The van der Waals surface area contributed by atoms with Gasteiger partial charge in [0.15, 0.2) is 0 Å². The van der Waals surface area contributed by atoms with E-state index >= 15 is 0 Å². The number of rotatable bonds is 1. The average Bonchev–Trinajstić information content (AvgIpc) is 2.19. The van der Waals surface area contributed by atoms with E-state index in [0.717, 1.165) is 0 Å². The molecule has 5 heteroatoms. The first-order valence-corrected chi connectivity index (χ1v) is 1.88. The van der Waals surface area contributed by atoms with Gasteiger partial charge in [0.05, 0.1) is 6.20 Å². The first-order valence-electron chi connectivity index (χ1n) is 1.88. The van der Waals surface area contributed by atoms with Gasteiger partial charge in [-0.05, 0) is 10.6 Å². The van der Waals surface area contributed by atoms with Crippen molar-refractivity contribution in [2.45, 2.75) is 0 Å². The third kappa shape index (κ3) is 0.772. The lowest BCUT2D eigenvalue weighted by atomic mass is 11.0. The molecule has 0 aliphatic carbocycles. The van der Waals surface area contributed by atoms with Crippen LogP contribution in [0.1, 0.15) is 0 Å². The van der Waals surface area contributed by atoms with Crippen molar-refractivity contribution in [3.8, 4) is 0 Å². The van der Waals surface area contributed by atoms with Crippen molar-refractivity contribution in [1.82, 2.24) is 4.98 Å². The van der Waals surface area contributed by atoms with Gasteiger partial charge in [0, 0.05) is 4.91 Å². The Kier molecular flexibility index (Phi) is 1.16. The summed E-state index contributed by atoms with van der Waals surface area (Å²) in [7, 11) is 0. The van der Waals surface area contributed by atoms with Gasteiger partial charge in [-0.3, -0.25) is 0 Å². The molecule has 1 aromatic rings. The van der Waals surface area contributed by atoms with E-state index in [1.54, 1.807) is 0 Å². The largest absolute Gasteiger partial charge is 0.443 e. The molecular weight excluding hydrogens is 108 g/mol. The van der Waals surface area contributed by atoms with Gasteiger partial charge in [0.1, 0.15) is 6.26 Å². The Morgan fingerprint density at radius 1 is 1.88 bits per heavy atom. The number of aromatic nitrogens is 1. The SMILES string of the molecule is [N-]=[N+]=Nc1ncco1. The molecule has 0 aliphatic rings. The summed E-state index contributed by atoms with van der Waals surface area (Å²) in [5.41, 5.74) is 7.80. The van der Waals surface area contributed by atoms with Gasteiger partial charge in [0.25, 0.3) is 6.01 Å². The van der Waals surface area contributed by atoms with Crippen LogP contribution in [-0.4, -0.2) is 4.98 Å². The summed E-state index contributed by atoms with van der Waals surface area (Å²) in [5, 5.41) is 3.07. The lowest BCUT2D eigenvalue weighted by Crippen LogP contribution is -1.51. The molecule has 0 aromatic carbocycles. The van der Waals surface area contributed by atoms with Gasteiger partial charge in [-0.2, -0.15) is 0 Å². The molecule has 0 spiro atoms. The smallest absolute Gasteiger partial charge is 0.283 e. The van der Waals surface area contributed by atoms with Crippen LogP contribution in [0.4, 0.5) is 6.01 Å². The standard InChI is InChI=1S/C3H2N4O/c4-7-6-3-5-1-2-8-3/h1-2H. The summed E-state index contributed by atoms with van der Waals surface area (Å²) in [4.78, 5) is 5.97. The van der Waals surface area contributed by atoms with Crippen molar-refractivity contribution in [2.24, 2.45) is 5.11 Å². The molecule has 0 atom stereocenters. The zero-order valence-electron chi connectivity index (χ0n) is 3.85. The Morgan fingerprint density at radius 2 is 2.75 bits per heavy atom. The molecule has 1 aromatic heterocycles. The molecule has 0 N–H and O–H groups in total. The molecule has 0 aliphatic heterocycles. The van der Waals surface area contributed by atoms with Crippen molar-refractivity contribution in [3.63, 3.8) is 0 Å². The molecule has 0 amide bonds. The molecule has 1 heterocycles. The Labute approximate surface area is 44.6 Å². The molecular formula is C3H2N4O. The molecule has 40 valence electrons. The lowest BCUT2D eigenvalue weighted by molar-refractivity contribution is 0.568. The fraction of sp³-hybridized carbons (Fsp3) is 0. The van der Waals surface area contributed by atoms with Crippen LogP contribution in [0.15, 0.2) is 22.0 Å². The highest BCUT2D eigenvalue weighted by atomic mass is 16.4. The zero-order valence-corrected chi connectivity index (χ0v) is 3.85. The monoisotopic (exact) mass is 110 g/mol. The minimum absolute atomic E-state index is 0.0486. The molecule has 0 bridgehead atoms. The van der Waals surface area contributed by atoms with E-state index in [0.29, 0.717) is 0 Å². The second-order valence-corrected chi connectivity index (χ2v) is 1.00. The van der Waals surface area contributed by atoms with E-state index < -0.39 is 0 Å². The molecule has 8 heavy (non-hydrogen) atoms. The van der Waals surface area contributed by atoms with E-state index in [2.05, 4.69) is 19.4 Å². The van der Waals surface area contributed by atoms with Crippen LogP contribution in [0.3, 0.4) is 0 Å². The number of azide groups is 1. The first-order chi connectivity index (χ1) is 3.93. The lowest BCUT2D eigenvalue weighted by Gasteiger charge is -1.69. The van der Waals surface area contributed by atoms with Crippen molar-refractivity contribution in [1.29, 1.82) is 0 Å². The van der Waals surface area contributed by atoms with Crippen molar-refractivity contribution < 1.29 is 4.42 Å². The Hall–Kier alpha value is -1.48. The summed E-state index contributed by atoms with van der Waals surface area (Å²) in [5.74, 6) is 0. The van der Waals surface area contributed by atoms with E-state index in [1.165, 1.54) is 12.5 Å². The van der Waals surface area contributed by atoms with Crippen LogP contribution in [-0.2, 0) is 0 Å². The topological polar surface area (TPSA) is 74.8 Å². The number of nitrogens with zero attached hydrogens (tertiary/aromatic N) is 4. The Bertz CT molecular complexity index is 197. The van der Waals surface area contributed by atoms with Gasteiger partial charge in [-0.15, -0.1) is 0 Å². The quantitative estimate of drug-likeness (QED) is 0.313. The Morgan fingerprint density at radius 3 is 3.25 bits per heavy atom. The van der Waals surface area contributed by atoms with E-state index in [1.807, 2.05) is 0 Å². The van der Waals surface area contributed by atoms with Gasteiger partial charge < -0.3 is 4.42 Å². The fourth-order valence-corrected chi connectivity index (χ4v) is 0.304. The summed E-state index contributed by atoms with van der Waals surface area (Å²) < 4.78 is 4.54. The predicted molar refractivity (Wildman–Crippen MR) is 25.3 cm³/mol. The van der Waals surface area contributed by atoms with Crippen LogP contribution in [0.5, 0.6) is 0 Å². The van der Waals surface area contributed by atoms with Crippen LogP contribution in [0.25, 0.3) is 10.4 Å². The highest BCUT2D eigenvalue weighted by molar-refractivity contribution is 5.04. The zero-order chi connectivity index (χ0) is 5.82. The van der Waals surface area contributed by atoms with Crippen molar-refractivity contribution in [3.05, 3.63) is 22.9 Å². The van der Waals surface area contributed by atoms with E-state index in [9.17, 15) is 0 Å². The summed E-state index contributed by atoms with van der Waals surface area (Å²) in [6.07, 6.45) is 2.74. The van der Waals surface area contributed by atoms with E-state index in [-0.39, 0.29) is 6.01 Å². The third-order valence-electron chi connectivity index (χ3n) is 0.550. The van der Waals surface area contributed by atoms with Crippen LogP contribution >= 0.6 is 0 Å². The number of oxazole rings is 1. The molecule has 5 nitrogen and oxygen atoms in total. The highest BCUT2D eigenvalue weighted by Crippen LogP contribution is 2.04. The maximum absolute atomic E-state index is 7.80. The molecule has 0 unspecified atom stereocenters. The molecule has 0 radical (unpaired) electrons. The molecule has 1 rings (SSSR count). The van der Waals surface area contributed by atoms with Crippen molar-refractivity contribution >= 4 is 6.01 Å². The van der Waals surface area contributed by atoms with Crippen LogP contribution in [0.2, 0.25) is 0 Å². The maximum Gasteiger partial charge on any atom is 0.283 e. The van der Waals surface area contributed by atoms with Gasteiger partial charge in [-0.25, -0.2) is 4.98 Å². The van der Waals surface area contributed by atoms with E-state index in [4.69, 9.17) is 5.53 Å². The highest BCUT2D eigenvalue weighted by Gasteiger charge is 1.85. The van der Waals surface area contributed by atoms with Crippen LogP contribution in [0, 0.1) is 0 Å². The minimum atomic E-state index is 0.0486. The first kappa shape index (κ1) is 4.67. The number of hydrogen-bond donors (Lipinski definition) is 0. The van der Waals surface area contributed by atoms with Crippen LogP contribution < -0.4 is 0 Å². The fourth-order valence-electron chi connectivity index (χ4n) is 0.304. The molecule has 0 fully saturated rings. The summed E-state index contributed by atoms with van der Waals surface area (Å²) >= 11 is 0. The maximum atomic E-state index is 7.80. The average molecular weight is 110 g/mol. The minimum Gasteiger partial charge on any atom is -0.443 e. The molecule has 0 saturated heterocycles. The van der Waals surface area contributed by atoms with Crippen molar-refractivity contribution in [2.75, 3.05) is 0 Å². The van der Waals surface area contributed by atoms with Gasteiger partial charge in [-0.1, -0.05) is 0 Å². The third-order valence-corrected chi connectivity index (χ3v) is 0.550. The Balaban J connectivity index is 2.93. The van der Waals surface area contributed by atoms with Gasteiger partial charge >= 0.3 is 0 Å². The van der Waals surface area contributed by atoms with Gasteiger partial charge in [0.2, 0.25) is 0 Å².